The van der Waals surface area contributed by atoms with Crippen molar-refractivity contribution in [3.05, 3.63) is 184 Å². The highest BCUT2D eigenvalue weighted by Crippen LogP contribution is 2.26. The number of aliphatic imine (C=N–C) groups is 1. The second kappa shape index (κ2) is 16.7. The number of isothiocyanates is 1. The maximum atomic E-state index is 13.9. The molecular formula is C44H26F4N2S. The number of halogens is 4. The Bertz CT molecular complexity index is 2410. The highest BCUT2D eigenvalue weighted by molar-refractivity contribution is 7.78. The van der Waals surface area contributed by atoms with Crippen molar-refractivity contribution in [3.63, 3.8) is 0 Å². The highest BCUT2D eigenvalue weighted by Gasteiger charge is 2.08. The maximum absolute atomic E-state index is 13.9. The van der Waals surface area contributed by atoms with E-state index in [1.165, 1.54) is 42.0 Å². The van der Waals surface area contributed by atoms with Crippen LogP contribution < -0.4 is 0 Å². The van der Waals surface area contributed by atoms with Crippen molar-refractivity contribution < 1.29 is 17.6 Å². The maximum Gasteiger partial charge on any atom is 0.150 e. The first-order chi connectivity index (χ1) is 24.6. The van der Waals surface area contributed by atoms with E-state index in [0.717, 1.165) is 27.8 Å². The van der Waals surface area contributed by atoms with Crippen LogP contribution in [0.25, 0.3) is 22.3 Å². The normalized spacial score (nSPS) is 9.82. The second-order valence-electron chi connectivity index (χ2n) is 11.3. The van der Waals surface area contributed by atoms with Gasteiger partial charge < -0.3 is 0 Å². The van der Waals surface area contributed by atoms with Gasteiger partial charge in [0.15, 0.2) is 0 Å². The number of hydrogen-bond acceptors (Lipinski definition) is 3. The van der Waals surface area contributed by atoms with Crippen LogP contribution in [0.3, 0.4) is 0 Å². The Hall–Kier alpha value is -6.55. The standard InChI is InChI=1S/C22H12F3NS.C22H14FN/c1-14-10-19(23)18(20(24)11-14)8-4-15-2-5-16(6-3-15)17-7-9-22(26-13-27)21(25)12-17;1-16-2-4-17(5-3-16)6-7-18-8-10-19(11-9-18)20-12-13-21(15-24)22(23)14-20/h2-3,5-7,9-12H,1H3;2-5,8-14H,1H3. The fraction of sp³-hybridized carbons (Fsp3) is 0.0455. The summed E-state index contributed by atoms with van der Waals surface area (Å²) in [5.74, 6) is 9.13. The molecule has 0 aliphatic heterocycles. The van der Waals surface area contributed by atoms with Gasteiger partial charge in [0.05, 0.1) is 16.3 Å². The minimum absolute atomic E-state index is 0.0549. The predicted molar refractivity (Wildman–Crippen MR) is 197 cm³/mol. The van der Waals surface area contributed by atoms with Crippen molar-refractivity contribution in [1.82, 2.24) is 0 Å². The molecule has 246 valence electrons. The Morgan fingerprint density at radius 1 is 0.490 bits per heavy atom. The minimum Gasteiger partial charge on any atom is -0.206 e. The molecule has 0 bridgehead atoms. The van der Waals surface area contributed by atoms with Crippen LogP contribution in [0, 0.1) is 72.1 Å². The Morgan fingerprint density at radius 2 is 0.941 bits per heavy atom. The zero-order chi connectivity index (χ0) is 36.3. The molecule has 0 saturated carbocycles. The van der Waals surface area contributed by atoms with Gasteiger partial charge in [-0.1, -0.05) is 77.8 Å². The van der Waals surface area contributed by atoms with Gasteiger partial charge in [-0.05, 0) is 127 Å². The molecular weight excluding hydrogens is 665 g/mol. The van der Waals surface area contributed by atoms with E-state index in [9.17, 15) is 17.6 Å². The van der Waals surface area contributed by atoms with E-state index in [4.69, 9.17) is 5.26 Å². The number of hydrogen-bond donors (Lipinski definition) is 0. The monoisotopic (exact) mass is 690 g/mol. The van der Waals surface area contributed by atoms with Gasteiger partial charge in [-0.3, -0.25) is 0 Å². The summed E-state index contributed by atoms with van der Waals surface area (Å²) in [5.41, 5.74) is 7.13. The smallest absolute Gasteiger partial charge is 0.150 e. The van der Waals surface area contributed by atoms with Crippen molar-refractivity contribution in [2.75, 3.05) is 0 Å². The molecule has 6 rings (SSSR count). The van der Waals surface area contributed by atoms with E-state index in [1.807, 2.05) is 61.5 Å². The van der Waals surface area contributed by atoms with Gasteiger partial charge in [-0.15, -0.1) is 0 Å². The Balaban J connectivity index is 0.000000199. The van der Waals surface area contributed by atoms with Crippen molar-refractivity contribution >= 4 is 23.1 Å². The number of nitriles is 1. The third-order valence-electron chi connectivity index (χ3n) is 7.56. The largest absolute Gasteiger partial charge is 0.206 e. The molecule has 2 nitrogen and oxygen atoms in total. The molecule has 7 heteroatoms. The summed E-state index contributed by atoms with van der Waals surface area (Å²) in [5, 5.41) is 10.9. The van der Waals surface area contributed by atoms with E-state index < -0.39 is 23.3 Å². The quantitative estimate of drug-likeness (QED) is 0.0802. The average molecular weight is 691 g/mol. The summed E-state index contributed by atoms with van der Waals surface area (Å²) < 4.78 is 55.3. The zero-order valence-electron chi connectivity index (χ0n) is 27.4. The van der Waals surface area contributed by atoms with Gasteiger partial charge in [-0.25, -0.2) is 17.6 Å². The number of thiocarbonyl (C=S) groups is 1. The van der Waals surface area contributed by atoms with Crippen molar-refractivity contribution in [3.8, 4) is 52.0 Å². The third-order valence-corrected chi connectivity index (χ3v) is 7.65. The van der Waals surface area contributed by atoms with Crippen LogP contribution in [0.1, 0.15) is 38.9 Å². The van der Waals surface area contributed by atoms with Crippen LogP contribution in [-0.4, -0.2) is 5.16 Å². The summed E-state index contributed by atoms with van der Waals surface area (Å²) in [6.07, 6.45) is 0. The number of benzene rings is 6. The molecule has 0 saturated heterocycles. The molecule has 0 atom stereocenters. The molecule has 0 spiro atoms. The van der Waals surface area contributed by atoms with Gasteiger partial charge in [0, 0.05) is 16.7 Å². The van der Waals surface area contributed by atoms with Crippen LogP contribution in [0.4, 0.5) is 23.2 Å². The van der Waals surface area contributed by atoms with Crippen LogP contribution in [0.5, 0.6) is 0 Å². The molecule has 0 amide bonds. The molecule has 0 radical (unpaired) electrons. The fourth-order valence-electron chi connectivity index (χ4n) is 4.84. The first-order valence-corrected chi connectivity index (χ1v) is 15.9. The summed E-state index contributed by atoms with van der Waals surface area (Å²) in [6.45, 7) is 3.65. The highest BCUT2D eigenvalue weighted by atomic mass is 32.1. The number of aryl methyl sites for hydroxylation is 2. The molecule has 0 heterocycles. The molecule has 0 unspecified atom stereocenters. The first-order valence-electron chi connectivity index (χ1n) is 15.5. The van der Waals surface area contributed by atoms with E-state index >= 15 is 0 Å². The lowest BCUT2D eigenvalue weighted by Crippen LogP contribution is -1.91. The first kappa shape index (κ1) is 35.7. The van der Waals surface area contributed by atoms with Gasteiger partial charge in [0.2, 0.25) is 0 Å². The molecule has 0 N–H and O–H groups in total. The molecule has 51 heavy (non-hydrogen) atoms. The molecule has 0 fully saturated rings. The topological polar surface area (TPSA) is 36.1 Å². The van der Waals surface area contributed by atoms with Gasteiger partial charge >= 0.3 is 0 Å². The average Bonchev–Trinajstić information content (AvgIpc) is 3.12. The lowest BCUT2D eigenvalue weighted by molar-refractivity contribution is 0.575. The molecule has 0 aliphatic carbocycles. The lowest BCUT2D eigenvalue weighted by atomic mass is 10.0. The van der Waals surface area contributed by atoms with E-state index in [-0.39, 0.29) is 16.8 Å². The SMILES string of the molecule is Cc1cc(F)c(C#Cc2ccc(-c3ccc(N=C=S)c(F)c3)cc2)c(F)c1.Cc1ccc(C#Cc2ccc(-c3ccc(C#N)c(F)c3)cc2)cc1. The third kappa shape index (κ3) is 9.54. The van der Waals surface area contributed by atoms with Crippen molar-refractivity contribution in [2.45, 2.75) is 13.8 Å². The van der Waals surface area contributed by atoms with Crippen LogP contribution >= 0.6 is 12.2 Å². The summed E-state index contributed by atoms with van der Waals surface area (Å²) in [6, 6.07) is 36.1. The molecule has 0 aromatic heterocycles. The van der Waals surface area contributed by atoms with Crippen LogP contribution in [-0.2, 0) is 0 Å². The number of rotatable bonds is 3. The van der Waals surface area contributed by atoms with Gasteiger partial charge in [-0.2, -0.15) is 10.3 Å². The minimum atomic E-state index is -0.689. The van der Waals surface area contributed by atoms with E-state index in [2.05, 4.69) is 46.1 Å². The molecule has 6 aromatic rings. The Kier molecular flexibility index (Phi) is 11.7. The Morgan fingerprint density at radius 3 is 1.41 bits per heavy atom. The lowest BCUT2D eigenvalue weighted by Gasteiger charge is -2.03. The molecule has 6 aromatic carbocycles. The van der Waals surface area contributed by atoms with Crippen molar-refractivity contribution in [1.29, 1.82) is 5.26 Å². The summed E-state index contributed by atoms with van der Waals surface area (Å²) in [7, 11) is 0. The summed E-state index contributed by atoms with van der Waals surface area (Å²) >= 11 is 4.47. The fourth-order valence-corrected chi connectivity index (χ4v) is 4.94. The second-order valence-corrected chi connectivity index (χ2v) is 11.5. The zero-order valence-corrected chi connectivity index (χ0v) is 28.2. The van der Waals surface area contributed by atoms with Crippen LogP contribution in [0.15, 0.2) is 126 Å². The molecule has 0 aliphatic rings. The predicted octanol–water partition coefficient (Wildman–Crippen LogP) is 11.3. The Labute approximate surface area is 299 Å². The van der Waals surface area contributed by atoms with E-state index in [0.29, 0.717) is 16.7 Å². The van der Waals surface area contributed by atoms with Crippen molar-refractivity contribution in [2.24, 2.45) is 4.99 Å². The van der Waals surface area contributed by atoms with Gasteiger partial charge in [0.25, 0.3) is 0 Å². The number of nitrogens with zero attached hydrogens (tertiary/aromatic N) is 2. The summed E-state index contributed by atoms with van der Waals surface area (Å²) in [4.78, 5) is 3.64. The van der Waals surface area contributed by atoms with Gasteiger partial charge in [0.1, 0.15) is 35.0 Å². The van der Waals surface area contributed by atoms with Crippen LogP contribution in [0.2, 0.25) is 0 Å². The van der Waals surface area contributed by atoms with E-state index in [1.54, 1.807) is 43.3 Å².